The number of amides is 1. The number of hydrogen-bond acceptors (Lipinski definition) is 5. The summed E-state index contributed by atoms with van der Waals surface area (Å²) in [6.07, 6.45) is 4.67. The topological polar surface area (TPSA) is 87.9 Å². The highest BCUT2D eigenvalue weighted by atomic mass is 32.2. The molecule has 0 spiro atoms. The van der Waals surface area contributed by atoms with Gasteiger partial charge in [0.05, 0.1) is 27.6 Å². The Morgan fingerprint density at radius 3 is 2.17 bits per heavy atom. The van der Waals surface area contributed by atoms with Gasteiger partial charge in [0.1, 0.15) is 5.69 Å². The van der Waals surface area contributed by atoms with Crippen molar-refractivity contribution in [3.05, 3.63) is 102 Å². The largest absolute Gasteiger partial charge is 0.280 e. The standard InChI is InChI=1S/C33H33N5O3S/c1-23-17-24(2)21-36(20-23)42(40,41)30-16-10-11-26(18-30)32-27(22-37(35-32)28-12-6-4-7-13-28)19-31-25(3)34-38(33(31)39)29-14-8-5-9-15-29/h4-16,18-19,22-24H,17,20-21H2,1-3H3/b31-19-. The number of rotatable bonds is 6. The fourth-order valence-corrected chi connectivity index (χ4v) is 7.50. The molecule has 0 aliphatic carbocycles. The van der Waals surface area contributed by atoms with E-state index in [4.69, 9.17) is 5.10 Å². The maximum absolute atomic E-state index is 13.7. The first-order valence-corrected chi connectivity index (χ1v) is 15.6. The average molecular weight is 580 g/mol. The number of piperidine rings is 1. The van der Waals surface area contributed by atoms with Gasteiger partial charge in [0.15, 0.2) is 0 Å². The summed E-state index contributed by atoms with van der Waals surface area (Å²) in [7, 11) is -3.69. The summed E-state index contributed by atoms with van der Waals surface area (Å²) in [4.78, 5) is 13.7. The zero-order valence-corrected chi connectivity index (χ0v) is 24.7. The van der Waals surface area contributed by atoms with Crippen LogP contribution in [-0.4, -0.2) is 47.2 Å². The Labute approximate surface area is 246 Å². The first-order valence-electron chi connectivity index (χ1n) is 14.1. The summed E-state index contributed by atoms with van der Waals surface area (Å²) >= 11 is 0. The molecule has 6 rings (SSSR count). The van der Waals surface area contributed by atoms with Crippen LogP contribution in [0.5, 0.6) is 0 Å². The minimum atomic E-state index is -3.69. The Morgan fingerprint density at radius 1 is 0.857 bits per heavy atom. The van der Waals surface area contributed by atoms with E-state index in [1.807, 2.05) is 79.9 Å². The Bertz CT molecular complexity index is 1790. The van der Waals surface area contributed by atoms with Crippen LogP contribution in [0.3, 0.4) is 0 Å². The van der Waals surface area contributed by atoms with Gasteiger partial charge in [-0.2, -0.15) is 19.5 Å². The molecule has 214 valence electrons. The number of aromatic nitrogens is 2. The molecule has 42 heavy (non-hydrogen) atoms. The quantitative estimate of drug-likeness (QED) is 0.262. The molecular weight excluding hydrogens is 546 g/mol. The van der Waals surface area contributed by atoms with Gasteiger partial charge in [0, 0.05) is 30.4 Å². The van der Waals surface area contributed by atoms with Crippen LogP contribution >= 0.6 is 0 Å². The molecule has 2 unspecified atom stereocenters. The third kappa shape index (κ3) is 5.33. The molecule has 0 radical (unpaired) electrons. The van der Waals surface area contributed by atoms with E-state index in [9.17, 15) is 13.2 Å². The Balaban J connectivity index is 1.42. The zero-order valence-electron chi connectivity index (χ0n) is 23.9. The van der Waals surface area contributed by atoms with Crippen LogP contribution in [0.4, 0.5) is 5.69 Å². The number of anilines is 1. The smallest absolute Gasteiger partial charge is 0.267 e. The van der Waals surface area contributed by atoms with Crippen molar-refractivity contribution in [1.82, 2.24) is 14.1 Å². The van der Waals surface area contributed by atoms with Crippen LogP contribution in [0.25, 0.3) is 23.0 Å². The van der Waals surface area contributed by atoms with Gasteiger partial charge in [-0.05, 0) is 67.7 Å². The van der Waals surface area contributed by atoms with E-state index in [-0.39, 0.29) is 10.8 Å². The number of benzene rings is 3. The van der Waals surface area contributed by atoms with E-state index in [1.165, 1.54) is 5.01 Å². The molecule has 3 heterocycles. The first kappa shape index (κ1) is 27.8. The molecule has 1 fully saturated rings. The van der Waals surface area contributed by atoms with Gasteiger partial charge in [-0.25, -0.2) is 13.1 Å². The van der Waals surface area contributed by atoms with Crippen LogP contribution in [0.15, 0.2) is 107 Å². The SMILES string of the molecule is CC1=NN(c2ccccc2)C(=O)/C1=C\c1cn(-c2ccccc2)nc1-c1cccc(S(=O)(=O)N2CC(C)CC(C)C2)c1. The van der Waals surface area contributed by atoms with Crippen molar-refractivity contribution in [2.24, 2.45) is 16.9 Å². The summed E-state index contributed by atoms with van der Waals surface area (Å²) in [5, 5.41) is 10.8. The molecule has 2 atom stereocenters. The van der Waals surface area contributed by atoms with E-state index >= 15 is 0 Å². The minimum Gasteiger partial charge on any atom is -0.267 e. The summed E-state index contributed by atoms with van der Waals surface area (Å²) in [6.45, 7) is 7.02. The average Bonchev–Trinajstić information content (AvgIpc) is 3.54. The van der Waals surface area contributed by atoms with Gasteiger partial charge < -0.3 is 0 Å². The van der Waals surface area contributed by atoms with Crippen LogP contribution in [0.1, 0.15) is 32.8 Å². The normalized spacial score (nSPS) is 20.7. The molecule has 1 aromatic heterocycles. The number of para-hydroxylation sites is 2. The fraction of sp³-hybridized carbons (Fsp3) is 0.242. The van der Waals surface area contributed by atoms with E-state index in [2.05, 4.69) is 18.9 Å². The first-order chi connectivity index (χ1) is 20.2. The minimum absolute atomic E-state index is 0.234. The molecule has 0 saturated carbocycles. The summed E-state index contributed by atoms with van der Waals surface area (Å²) in [5.74, 6) is 0.369. The maximum Gasteiger partial charge on any atom is 0.280 e. The van der Waals surface area contributed by atoms with Gasteiger partial charge in [0.2, 0.25) is 10.0 Å². The third-order valence-corrected chi connectivity index (χ3v) is 9.53. The number of carbonyl (C=O) groups excluding carboxylic acids is 1. The lowest BCUT2D eigenvalue weighted by atomic mass is 9.94. The lowest BCUT2D eigenvalue weighted by Gasteiger charge is -2.34. The van der Waals surface area contributed by atoms with Crippen molar-refractivity contribution >= 4 is 33.4 Å². The lowest BCUT2D eigenvalue weighted by molar-refractivity contribution is -0.114. The molecule has 0 bridgehead atoms. The van der Waals surface area contributed by atoms with Gasteiger partial charge in [-0.3, -0.25) is 4.79 Å². The summed E-state index contributed by atoms with van der Waals surface area (Å²) in [5.41, 5.74) is 4.47. The molecule has 1 saturated heterocycles. The molecule has 2 aliphatic rings. The van der Waals surface area contributed by atoms with Crippen molar-refractivity contribution in [2.45, 2.75) is 32.1 Å². The van der Waals surface area contributed by atoms with Crippen molar-refractivity contribution in [3.63, 3.8) is 0 Å². The third-order valence-electron chi connectivity index (χ3n) is 7.71. The summed E-state index contributed by atoms with van der Waals surface area (Å²) < 4.78 is 30.8. The van der Waals surface area contributed by atoms with E-state index in [0.717, 1.165) is 12.1 Å². The second-order valence-corrected chi connectivity index (χ2v) is 13.1. The predicted molar refractivity (Wildman–Crippen MR) is 166 cm³/mol. The number of sulfonamides is 1. The number of nitrogens with zero attached hydrogens (tertiary/aromatic N) is 5. The zero-order chi connectivity index (χ0) is 29.4. The highest BCUT2D eigenvalue weighted by Gasteiger charge is 2.32. The molecule has 2 aliphatic heterocycles. The van der Waals surface area contributed by atoms with Crippen LogP contribution in [0, 0.1) is 11.8 Å². The van der Waals surface area contributed by atoms with E-state index in [1.54, 1.807) is 33.3 Å². The molecule has 8 nitrogen and oxygen atoms in total. The van der Waals surface area contributed by atoms with E-state index < -0.39 is 10.0 Å². The van der Waals surface area contributed by atoms with Gasteiger partial charge in [0.25, 0.3) is 5.91 Å². The van der Waals surface area contributed by atoms with Gasteiger partial charge >= 0.3 is 0 Å². The lowest BCUT2D eigenvalue weighted by Crippen LogP contribution is -2.42. The second kappa shape index (κ2) is 11.2. The van der Waals surface area contributed by atoms with E-state index in [0.29, 0.717) is 58.7 Å². The number of hydrazone groups is 1. The Kier molecular flexibility index (Phi) is 7.38. The maximum atomic E-state index is 13.7. The highest BCUT2D eigenvalue weighted by molar-refractivity contribution is 7.89. The van der Waals surface area contributed by atoms with Crippen molar-refractivity contribution in [2.75, 3.05) is 18.1 Å². The molecule has 0 N–H and O–H groups in total. The Hall–Kier alpha value is -4.34. The van der Waals surface area contributed by atoms with Crippen molar-refractivity contribution in [1.29, 1.82) is 0 Å². The highest BCUT2D eigenvalue weighted by Crippen LogP contribution is 2.32. The molecular formula is C33H33N5O3S. The second-order valence-electron chi connectivity index (χ2n) is 11.2. The molecule has 9 heteroatoms. The predicted octanol–water partition coefficient (Wildman–Crippen LogP) is 6.01. The fourth-order valence-electron chi connectivity index (χ4n) is 5.77. The molecule has 1 amide bonds. The number of hydrogen-bond donors (Lipinski definition) is 0. The van der Waals surface area contributed by atoms with Crippen LogP contribution < -0.4 is 5.01 Å². The molecule has 4 aromatic rings. The van der Waals surface area contributed by atoms with Crippen LogP contribution in [-0.2, 0) is 14.8 Å². The van der Waals surface area contributed by atoms with Crippen LogP contribution in [0.2, 0.25) is 0 Å². The van der Waals surface area contributed by atoms with Crippen molar-refractivity contribution < 1.29 is 13.2 Å². The monoisotopic (exact) mass is 579 g/mol. The summed E-state index contributed by atoms with van der Waals surface area (Å²) in [6, 6.07) is 25.9. The van der Waals surface area contributed by atoms with Crippen molar-refractivity contribution in [3.8, 4) is 16.9 Å². The van der Waals surface area contributed by atoms with Gasteiger partial charge in [-0.15, -0.1) is 0 Å². The molecule has 3 aromatic carbocycles. The Morgan fingerprint density at radius 2 is 1.50 bits per heavy atom. The van der Waals surface area contributed by atoms with Gasteiger partial charge in [-0.1, -0.05) is 62.4 Å². The number of carbonyl (C=O) groups is 1.